The largest absolute Gasteiger partial charge is 0.0654 e. The molecule has 2 aromatic rings. The molecule has 1 aliphatic rings. The van der Waals surface area contributed by atoms with Gasteiger partial charge in [-0.1, -0.05) is 96.4 Å². The zero-order valence-corrected chi connectivity index (χ0v) is 17.8. The third kappa shape index (κ3) is 3.51. The Morgan fingerprint density at radius 2 is 1.25 bits per heavy atom. The minimum Gasteiger partial charge on any atom is -0.0654 e. The minimum atomic E-state index is 0.128. The predicted molar refractivity (Wildman–Crippen MR) is 112 cm³/mol. The quantitative estimate of drug-likeness (QED) is 0.373. The van der Waals surface area contributed by atoms with Crippen LogP contribution in [0.15, 0.2) is 45.3 Å². The second kappa shape index (κ2) is 7.74. The number of hydrogen-bond acceptors (Lipinski definition) is 0. The van der Waals surface area contributed by atoms with E-state index in [4.69, 9.17) is 0 Å². The van der Waals surface area contributed by atoms with Crippen molar-refractivity contribution >= 4 is 31.9 Å². The van der Waals surface area contributed by atoms with Crippen LogP contribution in [0.3, 0.4) is 0 Å². The van der Waals surface area contributed by atoms with Gasteiger partial charge in [-0.3, -0.25) is 0 Å². The Bertz CT molecular complexity index is 666. The molecule has 0 saturated heterocycles. The number of unbranched alkanes of at least 4 members (excludes halogenated alkanes) is 5. The SMILES string of the molecule is CCCCCCCCC1(C)c2cc(Br)ccc2-c2ccc(Br)cc21. The van der Waals surface area contributed by atoms with Crippen LogP contribution < -0.4 is 0 Å². The molecule has 0 atom stereocenters. The summed E-state index contributed by atoms with van der Waals surface area (Å²) in [6.45, 7) is 4.71. The fourth-order valence-corrected chi connectivity index (χ4v) is 4.81. The summed E-state index contributed by atoms with van der Waals surface area (Å²) >= 11 is 7.35. The summed E-state index contributed by atoms with van der Waals surface area (Å²) in [5.41, 5.74) is 5.92. The van der Waals surface area contributed by atoms with Crippen molar-refractivity contribution in [2.24, 2.45) is 0 Å². The summed E-state index contributed by atoms with van der Waals surface area (Å²) in [4.78, 5) is 0. The molecule has 0 aromatic heterocycles. The van der Waals surface area contributed by atoms with Gasteiger partial charge in [-0.05, 0) is 52.9 Å². The third-order valence-corrected chi connectivity index (χ3v) is 6.46. The molecule has 0 saturated carbocycles. The summed E-state index contributed by atoms with van der Waals surface area (Å²) in [7, 11) is 0. The fraction of sp³-hybridized carbons (Fsp3) is 0.455. The van der Waals surface area contributed by atoms with Gasteiger partial charge in [0.15, 0.2) is 0 Å². The minimum absolute atomic E-state index is 0.128. The molecule has 128 valence electrons. The first-order chi connectivity index (χ1) is 11.6. The molecule has 3 rings (SSSR count). The van der Waals surface area contributed by atoms with Gasteiger partial charge >= 0.3 is 0 Å². The van der Waals surface area contributed by atoms with E-state index in [1.165, 1.54) is 76.1 Å². The van der Waals surface area contributed by atoms with Crippen molar-refractivity contribution in [1.29, 1.82) is 0 Å². The van der Waals surface area contributed by atoms with Crippen LogP contribution in [0.2, 0.25) is 0 Å². The standard InChI is InChI=1S/C22H26Br2/c1-3-4-5-6-7-8-13-22(2)20-14-16(23)9-11-18(20)19-12-10-17(24)15-21(19)22/h9-12,14-15H,3-8,13H2,1-2H3. The van der Waals surface area contributed by atoms with Gasteiger partial charge < -0.3 is 0 Å². The lowest BCUT2D eigenvalue weighted by Crippen LogP contribution is -2.20. The Hall–Kier alpha value is -0.600. The summed E-state index contributed by atoms with van der Waals surface area (Å²) in [6.07, 6.45) is 9.34. The molecule has 0 nitrogen and oxygen atoms in total. The predicted octanol–water partition coefficient (Wildman–Crippen LogP) is 8.25. The lowest BCUT2D eigenvalue weighted by Gasteiger charge is -2.28. The molecule has 0 unspecified atom stereocenters. The monoisotopic (exact) mass is 448 g/mol. The molecule has 24 heavy (non-hydrogen) atoms. The van der Waals surface area contributed by atoms with E-state index in [9.17, 15) is 0 Å². The molecule has 0 N–H and O–H groups in total. The summed E-state index contributed by atoms with van der Waals surface area (Å²) in [5, 5.41) is 0. The summed E-state index contributed by atoms with van der Waals surface area (Å²) < 4.78 is 2.37. The van der Waals surface area contributed by atoms with Crippen LogP contribution in [0.25, 0.3) is 11.1 Å². The Labute approximate surface area is 163 Å². The molecule has 2 aromatic carbocycles. The molecule has 0 radical (unpaired) electrons. The highest BCUT2D eigenvalue weighted by molar-refractivity contribution is 9.10. The smallest absolute Gasteiger partial charge is 0.0187 e. The highest BCUT2D eigenvalue weighted by Crippen LogP contribution is 2.52. The van der Waals surface area contributed by atoms with Crippen LogP contribution >= 0.6 is 31.9 Å². The van der Waals surface area contributed by atoms with E-state index in [1.54, 1.807) is 0 Å². The van der Waals surface area contributed by atoms with Crippen molar-refractivity contribution in [3.63, 3.8) is 0 Å². The first-order valence-electron chi connectivity index (χ1n) is 9.16. The van der Waals surface area contributed by atoms with Gasteiger partial charge in [-0.2, -0.15) is 0 Å². The van der Waals surface area contributed by atoms with Crippen LogP contribution in [0.1, 0.15) is 69.9 Å². The first kappa shape index (κ1) is 18.2. The summed E-state index contributed by atoms with van der Waals surface area (Å²) in [6, 6.07) is 13.6. The number of rotatable bonds is 7. The van der Waals surface area contributed by atoms with Crippen LogP contribution in [0.4, 0.5) is 0 Å². The molecular weight excluding hydrogens is 424 g/mol. The van der Waals surface area contributed by atoms with Crippen molar-refractivity contribution in [1.82, 2.24) is 0 Å². The van der Waals surface area contributed by atoms with Crippen molar-refractivity contribution in [3.8, 4) is 11.1 Å². The average molecular weight is 450 g/mol. The molecule has 0 aliphatic heterocycles. The Morgan fingerprint density at radius 3 is 1.79 bits per heavy atom. The fourth-order valence-electron chi connectivity index (χ4n) is 4.09. The molecule has 0 heterocycles. The van der Waals surface area contributed by atoms with Gasteiger partial charge in [0, 0.05) is 14.4 Å². The second-order valence-corrected chi connectivity index (χ2v) is 9.06. The Kier molecular flexibility index (Phi) is 5.87. The molecule has 0 amide bonds. The molecular formula is C22H26Br2. The normalized spacial score (nSPS) is 14.5. The van der Waals surface area contributed by atoms with Crippen LogP contribution in [0.5, 0.6) is 0 Å². The van der Waals surface area contributed by atoms with Gasteiger partial charge in [-0.25, -0.2) is 0 Å². The second-order valence-electron chi connectivity index (χ2n) is 7.23. The molecule has 0 spiro atoms. The lowest BCUT2D eigenvalue weighted by molar-refractivity contribution is 0.480. The van der Waals surface area contributed by atoms with E-state index >= 15 is 0 Å². The number of fused-ring (bicyclic) bond motifs is 3. The van der Waals surface area contributed by atoms with Gasteiger partial charge in [0.1, 0.15) is 0 Å². The van der Waals surface area contributed by atoms with E-state index in [1.807, 2.05) is 0 Å². The molecule has 0 bridgehead atoms. The summed E-state index contributed by atoms with van der Waals surface area (Å²) in [5.74, 6) is 0. The zero-order valence-electron chi connectivity index (χ0n) is 14.7. The molecule has 2 heteroatoms. The van der Waals surface area contributed by atoms with Crippen LogP contribution in [0, 0.1) is 0 Å². The number of halogens is 2. The van der Waals surface area contributed by atoms with Crippen molar-refractivity contribution < 1.29 is 0 Å². The van der Waals surface area contributed by atoms with Crippen molar-refractivity contribution in [3.05, 3.63) is 56.5 Å². The van der Waals surface area contributed by atoms with E-state index in [2.05, 4.69) is 82.1 Å². The highest BCUT2D eigenvalue weighted by Gasteiger charge is 2.38. The van der Waals surface area contributed by atoms with Crippen molar-refractivity contribution in [2.45, 2.75) is 64.2 Å². The first-order valence-corrected chi connectivity index (χ1v) is 10.8. The maximum Gasteiger partial charge on any atom is 0.0187 e. The van der Waals surface area contributed by atoms with E-state index in [0.717, 1.165) is 0 Å². The number of hydrogen-bond donors (Lipinski definition) is 0. The highest BCUT2D eigenvalue weighted by atomic mass is 79.9. The van der Waals surface area contributed by atoms with Gasteiger partial charge in [0.05, 0.1) is 0 Å². The maximum atomic E-state index is 3.68. The zero-order chi connectivity index (χ0) is 17.2. The van der Waals surface area contributed by atoms with Gasteiger partial charge in [0.2, 0.25) is 0 Å². The van der Waals surface area contributed by atoms with E-state index in [-0.39, 0.29) is 5.41 Å². The maximum absolute atomic E-state index is 3.68. The van der Waals surface area contributed by atoms with Gasteiger partial charge in [-0.15, -0.1) is 0 Å². The third-order valence-electron chi connectivity index (χ3n) is 5.47. The topological polar surface area (TPSA) is 0 Å². The van der Waals surface area contributed by atoms with E-state index in [0.29, 0.717) is 0 Å². The molecule has 0 fully saturated rings. The Balaban J connectivity index is 1.86. The Morgan fingerprint density at radius 1 is 0.750 bits per heavy atom. The van der Waals surface area contributed by atoms with Gasteiger partial charge in [0.25, 0.3) is 0 Å². The lowest BCUT2D eigenvalue weighted by atomic mass is 9.76. The average Bonchev–Trinajstić information content (AvgIpc) is 2.80. The van der Waals surface area contributed by atoms with Crippen LogP contribution in [-0.4, -0.2) is 0 Å². The van der Waals surface area contributed by atoms with Crippen LogP contribution in [-0.2, 0) is 5.41 Å². The number of benzene rings is 2. The van der Waals surface area contributed by atoms with E-state index < -0.39 is 0 Å². The van der Waals surface area contributed by atoms with Crippen molar-refractivity contribution in [2.75, 3.05) is 0 Å². The molecule has 1 aliphatic carbocycles.